The van der Waals surface area contributed by atoms with Crippen molar-refractivity contribution in [3.63, 3.8) is 0 Å². The molecule has 110 valence electrons. The zero-order valence-electron chi connectivity index (χ0n) is 12.0. The predicted molar refractivity (Wildman–Crippen MR) is 77.5 cm³/mol. The van der Waals surface area contributed by atoms with E-state index in [0.29, 0.717) is 0 Å². The molecule has 5 nitrogen and oxygen atoms in total. The van der Waals surface area contributed by atoms with Crippen molar-refractivity contribution in [2.45, 2.75) is 56.9 Å². The lowest BCUT2D eigenvalue weighted by Gasteiger charge is -2.18. The number of hydrogen-bond acceptors (Lipinski definition) is 4. The number of nitrogens with zero attached hydrogens (tertiary/aromatic N) is 2. The van der Waals surface area contributed by atoms with E-state index in [1.54, 1.807) is 0 Å². The Morgan fingerprint density at radius 1 is 1.35 bits per heavy atom. The van der Waals surface area contributed by atoms with Gasteiger partial charge in [-0.2, -0.15) is 5.26 Å². The summed E-state index contributed by atoms with van der Waals surface area (Å²) in [6.07, 6.45) is 5.93. The lowest BCUT2D eigenvalue weighted by molar-refractivity contribution is 0.483. The molecule has 1 heterocycles. The van der Waals surface area contributed by atoms with Crippen molar-refractivity contribution in [3.8, 4) is 6.07 Å². The third-order valence-corrected chi connectivity index (χ3v) is 4.58. The van der Waals surface area contributed by atoms with Crippen molar-refractivity contribution in [1.29, 1.82) is 5.26 Å². The van der Waals surface area contributed by atoms with E-state index in [9.17, 15) is 8.42 Å². The molecule has 0 radical (unpaired) electrons. The highest BCUT2D eigenvalue weighted by atomic mass is 32.2. The quantitative estimate of drug-likeness (QED) is 0.799. The number of nitriles is 1. The van der Waals surface area contributed by atoms with Crippen LogP contribution in [-0.4, -0.2) is 19.4 Å². The summed E-state index contributed by atoms with van der Waals surface area (Å²) in [5.41, 5.74) is -0.0641. The zero-order chi connectivity index (χ0) is 15.0. The van der Waals surface area contributed by atoms with Crippen LogP contribution < -0.4 is 4.72 Å². The van der Waals surface area contributed by atoms with Crippen molar-refractivity contribution in [2.24, 2.45) is 0 Å². The highest BCUT2D eigenvalue weighted by Crippen LogP contribution is 2.15. The van der Waals surface area contributed by atoms with Crippen LogP contribution >= 0.6 is 0 Å². The van der Waals surface area contributed by atoms with Crippen molar-refractivity contribution in [1.82, 2.24) is 9.71 Å². The van der Waals surface area contributed by atoms with Crippen LogP contribution in [0.5, 0.6) is 0 Å². The summed E-state index contributed by atoms with van der Waals surface area (Å²) in [6.45, 7) is 4.10. The minimum atomic E-state index is -3.69. The summed E-state index contributed by atoms with van der Waals surface area (Å²) in [4.78, 5) is 3.76. The van der Waals surface area contributed by atoms with Crippen LogP contribution in [0.25, 0.3) is 0 Å². The molecular formula is C14H21N3O2S. The van der Waals surface area contributed by atoms with Gasteiger partial charge in [-0.25, -0.2) is 18.1 Å². The zero-order valence-corrected chi connectivity index (χ0v) is 12.8. The fourth-order valence-corrected chi connectivity index (χ4v) is 3.45. The van der Waals surface area contributed by atoms with Gasteiger partial charge in [-0.1, -0.05) is 33.1 Å². The Labute approximate surface area is 121 Å². The molecule has 1 atom stereocenters. The van der Waals surface area contributed by atoms with Crippen LogP contribution in [-0.2, 0) is 10.0 Å². The summed E-state index contributed by atoms with van der Waals surface area (Å²) >= 11 is 0. The van der Waals surface area contributed by atoms with Gasteiger partial charge in [0.15, 0.2) is 5.69 Å². The van der Waals surface area contributed by atoms with Gasteiger partial charge in [0.2, 0.25) is 10.0 Å². The molecule has 1 rings (SSSR count). The lowest BCUT2D eigenvalue weighted by atomic mass is 10.1. The van der Waals surface area contributed by atoms with E-state index in [4.69, 9.17) is 5.26 Å². The molecule has 0 spiro atoms. The lowest BCUT2D eigenvalue weighted by Crippen LogP contribution is -2.35. The van der Waals surface area contributed by atoms with Gasteiger partial charge in [0, 0.05) is 12.2 Å². The molecule has 0 saturated carbocycles. The molecule has 20 heavy (non-hydrogen) atoms. The number of aromatic nitrogens is 1. The second kappa shape index (κ2) is 7.98. The summed E-state index contributed by atoms with van der Waals surface area (Å²) in [5.74, 6) is 0. The Kier molecular flexibility index (Phi) is 6.62. The number of nitrogens with one attached hydrogen (secondary N) is 1. The van der Waals surface area contributed by atoms with E-state index >= 15 is 0 Å². The molecule has 1 aromatic rings. The van der Waals surface area contributed by atoms with Crippen LogP contribution in [0.2, 0.25) is 0 Å². The van der Waals surface area contributed by atoms with E-state index in [2.05, 4.69) is 16.6 Å². The second-order valence-electron chi connectivity index (χ2n) is 4.71. The Hall–Kier alpha value is -1.45. The van der Waals surface area contributed by atoms with E-state index in [1.165, 1.54) is 18.3 Å². The Morgan fingerprint density at radius 2 is 2.10 bits per heavy atom. The average molecular weight is 295 g/mol. The molecule has 0 aliphatic rings. The van der Waals surface area contributed by atoms with E-state index in [-0.39, 0.29) is 16.6 Å². The number of pyridine rings is 1. The van der Waals surface area contributed by atoms with Crippen LogP contribution in [0.4, 0.5) is 0 Å². The minimum absolute atomic E-state index is 0.0416. The maximum Gasteiger partial charge on any atom is 0.243 e. The van der Waals surface area contributed by atoms with Gasteiger partial charge >= 0.3 is 0 Å². The van der Waals surface area contributed by atoms with E-state index < -0.39 is 10.0 Å². The SMILES string of the molecule is CCCCC(CCC)NS(=O)(=O)c1cccnc1C#N. The van der Waals surface area contributed by atoms with Crippen molar-refractivity contribution < 1.29 is 8.42 Å². The fourth-order valence-electron chi connectivity index (χ4n) is 2.04. The molecule has 0 fully saturated rings. The van der Waals surface area contributed by atoms with Gasteiger partial charge in [0.1, 0.15) is 11.0 Å². The molecule has 6 heteroatoms. The predicted octanol–water partition coefficient (Wildman–Crippen LogP) is 2.59. The minimum Gasteiger partial charge on any atom is -0.244 e. The Morgan fingerprint density at radius 3 is 2.70 bits per heavy atom. The highest BCUT2D eigenvalue weighted by molar-refractivity contribution is 7.89. The van der Waals surface area contributed by atoms with E-state index in [1.807, 2.05) is 13.0 Å². The Balaban J connectivity index is 2.95. The van der Waals surface area contributed by atoms with Crippen molar-refractivity contribution in [3.05, 3.63) is 24.0 Å². The molecule has 0 amide bonds. The molecular weight excluding hydrogens is 274 g/mol. The third kappa shape index (κ3) is 4.58. The van der Waals surface area contributed by atoms with Gasteiger partial charge in [0.05, 0.1) is 0 Å². The van der Waals surface area contributed by atoms with Gasteiger partial charge in [-0.3, -0.25) is 0 Å². The summed E-state index contributed by atoms with van der Waals surface area (Å²) in [5, 5.41) is 8.96. The standard InChI is InChI=1S/C14H21N3O2S/c1-3-5-8-12(7-4-2)17-20(18,19)14-9-6-10-16-13(14)11-15/h6,9-10,12,17H,3-5,7-8H2,1-2H3. The molecule has 1 N–H and O–H groups in total. The highest BCUT2D eigenvalue weighted by Gasteiger charge is 2.22. The molecule has 0 aromatic carbocycles. The maximum absolute atomic E-state index is 12.4. The van der Waals surface area contributed by atoms with Gasteiger partial charge in [-0.15, -0.1) is 0 Å². The number of sulfonamides is 1. The second-order valence-corrected chi connectivity index (χ2v) is 6.39. The molecule has 0 bridgehead atoms. The molecule has 1 aromatic heterocycles. The third-order valence-electron chi connectivity index (χ3n) is 3.03. The summed E-state index contributed by atoms with van der Waals surface area (Å²) in [7, 11) is -3.69. The first-order chi connectivity index (χ1) is 9.55. The number of unbranched alkanes of at least 4 members (excludes halogenated alkanes) is 1. The Bertz CT molecular complexity index is 564. The van der Waals surface area contributed by atoms with Crippen molar-refractivity contribution >= 4 is 10.0 Å². The smallest absolute Gasteiger partial charge is 0.243 e. The molecule has 0 saturated heterocycles. The van der Waals surface area contributed by atoms with Gasteiger partial charge in [-0.05, 0) is 25.0 Å². The van der Waals surface area contributed by atoms with Gasteiger partial charge < -0.3 is 0 Å². The van der Waals surface area contributed by atoms with Gasteiger partial charge in [0.25, 0.3) is 0 Å². The average Bonchev–Trinajstić information content (AvgIpc) is 2.44. The first-order valence-corrected chi connectivity index (χ1v) is 8.40. The van der Waals surface area contributed by atoms with Crippen LogP contribution in [0.1, 0.15) is 51.6 Å². The summed E-state index contributed by atoms with van der Waals surface area (Å²) in [6, 6.07) is 4.67. The van der Waals surface area contributed by atoms with E-state index in [0.717, 1.165) is 32.1 Å². The fraction of sp³-hybridized carbons (Fsp3) is 0.571. The number of rotatable bonds is 8. The van der Waals surface area contributed by atoms with Crippen LogP contribution in [0, 0.1) is 11.3 Å². The first kappa shape index (κ1) is 16.6. The number of hydrogen-bond donors (Lipinski definition) is 1. The molecule has 0 aliphatic heterocycles. The maximum atomic E-state index is 12.4. The largest absolute Gasteiger partial charge is 0.244 e. The van der Waals surface area contributed by atoms with Crippen molar-refractivity contribution in [2.75, 3.05) is 0 Å². The summed E-state index contributed by atoms with van der Waals surface area (Å²) < 4.78 is 27.4. The normalized spacial score (nSPS) is 12.8. The molecule has 0 aliphatic carbocycles. The monoisotopic (exact) mass is 295 g/mol. The molecule has 1 unspecified atom stereocenters. The van der Waals surface area contributed by atoms with Crippen LogP contribution in [0.3, 0.4) is 0 Å². The topological polar surface area (TPSA) is 82.8 Å². The first-order valence-electron chi connectivity index (χ1n) is 6.92. The van der Waals surface area contributed by atoms with Crippen LogP contribution in [0.15, 0.2) is 23.2 Å².